The number of alkyl halides is 1. The lowest BCUT2D eigenvalue weighted by molar-refractivity contribution is 0.0937. The van der Waals surface area contributed by atoms with Crippen LogP contribution in [-0.4, -0.2) is 31.9 Å². The molecule has 1 N–H and O–H groups in total. The van der Waals surface area contributed by atoms with Gasteiger partial charge in [-0.2, -0.15) is 0 Å². The third-order valence-electron chi connectivity index (χ3n) is 4.41. The van der Waals surface area contributed by atoms with Gasteiger partial charge in [0.05, 0.1) is 0 Å². The fourth-order valence-electron chi connectivity index (χ4n) is 3.01. The first-order valence-electron chi connectivity index (χ1n) is 7.73. The topological polar surface area (TPSA) is 32.3 Å². The molecular weight excluding hydrogens is 328 g/mol. The zero-order chi connectivity index (χ0) is 15.2. The van der Waals surface area contributed by atoms with Crippen molar-refractivity contribution in [2.24, 2.45) is 11.8 Å². The molecule has 1 aromatic rings. The Bertz CT molecular complexity index is 476. The average Bonchev–Trinajstić information content (AvgIpc) is 2.52. The maximum Gasteiger partial charge on any atom is 0.251 e. The first-order valence-corrected chi connectivity index (χ1v) is 8.85. The van der Waals surface area contributed by atoms with Gasteiger partial charge in [-0.1, -0.05) is 34.8 Å². The highest BCUT2D eigenvalue weighted by Gasteiger charge is 2.24. The van der Waals surface area contributed by atoms with E-state index in [0.29, 0.717) is 11.8 Å². The molecule has 1 aliphatic rings. The predicted octanol–water partition coefficient (Wildman–Crippen LogP) is 3.68. The summed E-state index contributed by atoms with van der Waals surface area (Å²) in [6, 6.07) is 7.77. The number of hydrogen-bond acceptors (Lipinski definition) is 2. The van der Waals surface area contributed by atoms with Crippen LogP contribution < -0.4 is 10.2 Å². The van der Waals surface area contributed by atoms with E-state index in [2.05, 4.69) is 21.2 Å². The molecule has 0 bridgehead atoms. The molecule has 2 atom stereocenters. The van der Waals surface area contributed by atoms with Crippen molar-refractivity contribution in [2.75, 3.05) is 30.9 Å². The van der Waals surface area contributed by atoms with E-state index in [1.807, 2.05) is 43.3 Å². The molecule has 1 aromatic carbocycles. The van der Waals surface area contributed by atoms with E-state index in [-0.39, 0.29) is 5.91 Å². The molecule has 1 amide bonds. The van der Waals surface area contributed by atoms with Crippen LogP contribution in [-0.2, 0) is 0 Å². The highest BCUT2D eigenvalue weighted by atomic mass is 79.9. The SMILES string of the molecule is CN(C)c1cccc(C(=O)NCC2CCCCC2CBr)c1. The van der Waals surface area contributed by atoms with Gasteiger partial charge in [-0.25, -0.2) is 0 Å². The Morgan fingerprint density at radius 3 is 2.67 bits per heavy atom. The second-order valence-corrected chi connectivity index (χ2v) is 6.76. The first kappa shape index (κ1) is 16.3. The molecule has 4 heteroatoms. The molecule has 116 valence electrons. The summed E-state index contributed by atoms with van der Waals surface area (Å²) in [5, 5.41) is 4.17. The van der Waals surface area contributed by atoms with E-state index < -0.39 is 0 Å². The number of nitrogens with one attached hydrogen (secondary N) is 1. The minimum Gasteiger partial charge on any atom is -0.378 e. The number of amides is 1. The molecule has 3 nitrogen and oxygen atoms in total. The molecule has 1 fully saturated rings. The molecule has 0 aromatic heterocycles. The minimum atomic E-state index is 0.0394. The maximum atomic E-state index is 12.3. The molecule has 0 spiro atoms. The lowest BCUT2D eigenvalue weighted by Crippen LogP contribution is -2.34. The summed E-state index contributed by atoms with van der Waals surface area (Å²) in [5.74, 6) is 1.35. The molecular formula is C17H25BrN2O. The molecule has 1 aliphatic carbocycles. The van der Waals surface area contributed by atoms with Gasteiger partial charge in [0, 0.05) is 37.2 Å². The molecule has 0 heterocycles. The second kappa shape index (κ2) is 7.83. The van der Waals surface area contributed by atoms with Crippen molar-refractivity contribution in [3.05, 3.63) is 29.8 Å². The number of nitrogens with zero attached hydrogens (tertiary/aromatic N) is 1. The Hall–Kier alpha value is -1.03. The van der Waals surface area contributed by atoms with Gasteiger partial charge in [-0.15, -0.1) is 0 Å². The van der Waals surface area contributed by atoms with E-state index in [4.69, 9.17) is 0 Å². The van der Waals surface area contributed by atoms with Gasteiger partial charge in [0.25, 0.3) is 5.91 Å². The molecule has 2 rings (SSSR count). The number of carbonyl (C=O) groups is 1. The number of anilines is 1. The minimum absolute atomic E-state index is 0.0394. The summed E-state index contributed by atoms with van der Waals surface area (Å²) in [4.78, 5) is 14.3. The van der Waals surface area contributed by atoms with Gasteiger partial charge < -0.3 is 10.2 Å². The fourth-order valence-corrected chi connectivity index (χ4v) is 3.86. The highest BCUT2D eigenvalue weighted by molar-refractivity contribution is 9.09. The average molecular weight is 353 g/mol. The summed E-state index contributed by atoms with van der Waals surface area (Å²) < 4.78 is 0. The number of rotatable bonds is 5. The van der Waals surface area contributed by atoms with E-state index in [1.165, 1.54) is 25.7 Å². The Labute approximate surface area is 136 Å². The molecule has 21 heavy (non-hydrogen) atoms. The zero-order valence-corrected chi connectivity index (χ0v) is 14.5. The van der Waals surface area contributed by atoms with Crippen molar-refractivity contribution in [1.82, 2.24) is 5.32 Å². The molecule has 2 unspecified atom stereocenters. The Morgan fingerprint density at radius 2 is 2.00 bits per heavy atom. The summed E-state index contributed by atoms with van der Waals surface area (Å²) in [7, 11) is 3.97. The smallest absolute Gasteiger partial charge is 0.251 e. The van der Waals surface area contributed by atoms with Crippen LogP contribution in [0, 0.1) is 11.8 Å². The van der Waals surface area contributed by atoms with Crippen LogP contribution in [0.5, 0.6) is 0 Å². The van der Waals surface area contributed by atoms with Gasteiger partial charge in [0.2, 0.25) is 0 Å². The lowest BCUT2D eigenvalue weighted by atomic mass is 9.80. The largest absolute Gasteiger partial charge is 0.378 e. The third kappa shape index (κ3) is 4.47. The monoisotopic (exact) mass is 352 g/mol. The Balaban J connectivity index is 1.93. The zero-order valence-electron chi connectivity index (χ0n) is 12.9. The highest BCUT2D eigenvalue weighted by Crippen LogP contribution is 2.30. The van der Waals surface area contributed by atoms with Crippen LogP contribution in [0.3, 0.4) is 0 Å². The summed E-state index contributed by atoms with van der Waals surface area (Å²) in [6.07, 6.45) is 5.13. The van der Waals surface area contributed by atoms with Crippen LogP contribution in [0.1, 0.15) is 36.0 Å². The van der Waals surface area contributed by atoms with Gasteiger partial charge in [-0.3, -0.25) is 4.79 Å². The molecule has 0 radical (unpaired) electrons. The van der Waals surface area contributed by atoms with Crippen LogP contribution in [0.2, 0.25) is 0 Å². The quantitative estimate of drug-likeness (QED) is 0.819. The fraction of sp³-hybridized carbons (Fsp3) is 0.588. The van der Waals surface area contributed by atoms with E-state index >= 15 is 0 Å². The van der Waals surface area contributed by atoms with E-state index in [9.17, 15) is 4.79 Å². The maximum absolute atomic E-state index is 12.3. The van der Waals surface area contributed by atoms with Gasteiger partial charge >= 0.3 is 0 Å². The first-order chi connectivity index (χ1) is 10.1. The Kier molecular flexibility index (Phi) is 6.09. The normalized spacial score (nSPS) is 21.9. The van der Waals surface area contributed by atoms with Crippen molar-refractivity contribution < 1.29 is 4.79 Å². The van der Waals surface area contributed by atoms with Gasteiger partial charge in [0.15, 0.2) is 0 Å². The molecule has 0 saturated heterocycles. The van der Waals surface area contributed by atoms with Crippen molar-refractivity contribution in [1.29, 1.82) is 0 Å². The van der Waals surface area contributed by atoms with Crippen LogP contribution >= 0.6 is 15.9 Å². The summed E-state index contributed by atoms with van der Waals surface area (Å²) in [6.45, 7) is 0.793. The number of benzene rings is 1. The lowest BCUT2D eigenvalue weighted by Gasteiger charge is -2.30. The van der Waals surface area contributed by atoms with Crippen LogP contribution in [0.15, 0.2) is 24.3 Å². The van der Waals surface area contributed by atoms with Gasteiger partial charge in [-0.05, 0) is 42.9 Å². The van der Waals surface area contributed by atoms with Crippen LogP contribution in [0.4, 0.5) is 5.69 Å². The molecule has 1 saturated carbocycles. The van der Waals surface area contributed by atoms with Crippen molar-refractivity contribution in [3.8, 4) is 0 Å². The number of hydrogen-bond donors (Lipinski definition) is 1. The third-order valence-corrected chi connectivity index (χ3v) is 5.25. The summed E-state index contributed by atoms with van der Waals surface area (Å²) in [5.41, 5.74) is 1.80. The van der Waals surface area contributed by atoms with Crippen LogP contribution in [0.25, 0.3) is 0 Å². The molecule has 0 aliphatic heterocycles. The standard InChI is InChI=1S/C17H25BrN2O/c1-20(2)16-9-5-8-13(10-16)17(21)19-12-15-7-4-3-6-14(15)11-18/h5,8-10,14-15H,3-4,6-7,11-12H2,1-2H3,(H,19,21). The van der Waals surface area contributed by atoms with Crippen molar-refractivity contribution >= 4 is 27.5 Å². The van der Waals surface area contributed by atoms with Gasteiger partial charge in [0.1, 0.15) is 0 Å². The van der Waals surface area contributed by atoms with Crippen molar-refractivity contribution in [3.63, 3.8) is 0 Å². The Morgan fingerprint density at radius 1 is 1.29 bits per heavy atom. The van der Waals surface area contributed by atoms with E-state index in [1.54, 1.807) is 0 Å². The second-order valence-electron chi connectivity index (χ2n) is 6.11. The summed E-state index contributed by atoms with van der Waals surface area (Å²) >= 11 is 3.61. The number of carbonyl (C=O) groups excluding carboxylic acids is 1. The van der Waals surface area contributed by atoms with E-state index in [0.717, 1.165) is 23.1 Å². The number of halogens is 1. The van der Waals surface area contributed by atoms with Crippen molar-refractivity contribution in [2.45, 2.75) is 25.7 Å². The predicted molar refractivity (Wildman–Crippen MR) is 92.3 cm³/mol.